The van der Waals surface area contributed by atoms with Gasteiger partial charge in [-0.3, -0.25) is 9.36 Å². The number of hydrogen-bond acceptors (Lipinski definition) is 7. The third kappa shape index (κ3) is 4.83. The van der Waals surface area contributed by atoms with Crippen molar-refractivity contribution in [1.82, 2.24) is 4.57 Å². The van der Waals surface area contributed by atoms with Crippen molar-refractivity contribution in [2.45, 2.75) is 19.9 Å². The molecule has 2 heterocycles. The summed E-state index contributed by atoms with van der Waals surface area (Å²) >= 11 is 1.27. The summed E-state index contributed by atoms with van der Waals surface area (Å²) in [7, 11) is 3.10. The van der Waals surface area contributed by atoms with E-state index < -0.39 is 12.0 Å². The molecule has 3 aromatic rings. The first-order valence-electron chi connectivity index (χ1n) is 11.1. The molecule has 0 amide bonds. The number of rotatable bonds is 7. The van der Waals surface area contributed by atoms with Crippen LogP contribution < -0.4 is 24.4 Å². The number of nitrogens with zero attached hydrogens (tertiary/aromatic N) is 2. The Bertz CT molecular complexity index is 1480. The van der Waals surface area contributed by atoms with Gasteiger partial charge < -0.3 is 14.2 Å². The zero-order chi connectivity index (χ0) is 24.9. The second kappa shape index (κ2) is 10.6. The maximum atomic E-state index is 13.6. The Morgan fingerprint density at radius 1 is 1.14 bits per heavy atom. The van der Waals surface area contributed by atoms with Gasteiger partial charge in [-0.05, 0) is 37.6 Å². The average Bonchev–Trinajstić information content (AvgIpc) is 3.18. The first kappa shape index (κ1) is 24.2. The number of esters is 1. The van der Waals surface area contributed by atoms with Crippen LogP contribution in [-0.2, 0) is 9.53 Å². The fraction of sp³-hybridized carbons (Fsp3) is 0.222. The molecule has 0 spiro atoms. The van der Waals surface area contributed by atoms with Gasteiger partial charge in [-0.1, -0.05) is 53.8 Å². The van der Waals surface area contributed by atoms with Gasteiger partial charge in [0.25, 0.3) is 5.56 Å². The van der Waals surface area contributed by atoms with E-state index in [1.807, 2.05) is 42.5 Å². The Kier molecular flexibility index (Phi) is 7.31. The summed E-state index contributed by atoms with van der Waals surface area (Å²) in [5, 5.41) is 0. The number of fused-ring (bicyclic) bond motifs is 1. The molecule has 0 saturated carbocycles. The van der Waals surface area contributed by atoms with Crippen molar-refractivity contribution in [3.63, 3.8) is 0 Å². The van der Waals surface area contributed by atoms with Crippen LogP contribution in [0.15, 0.2) is 75.7 Å². The van der Waals surface area contributed by atoms with Crippen molar-refractivity contribution in [1.29, 1.82) is 0 Å². The van der Waals surface area contributed by atoms with Gasteiger partial charge in [0, 0.05) is 11.6 Å². The number of methoxy groups -OCH3 is 2. The minimum atomic E-state index is -0.758. The number of carbonyl (C=O) groups excluding carboxylic acids is 1. The van der Waals surface area contributed by atoms with Gasteiger partial charge in [-0.15, -0.1) is 0 Å². The highest BCUT2D eigenvalue weighted by atomic mass is 32.1. The van der Waals surface area contributed by atoms with E-state index in [4.69, 9.17) is 14.2 Å². The minimum absolute atomic E-state index is 0.205. The quantitative estimate of drug-likeness (QED) is 0.474. The van der Waals surface area contributed by atoms with Gasteiger partial charge in [0.2, 0.25) is 0 Å². The molecule has 1 aliphatic rings. The van der Waals surface area contributed by atoms with Gasteiger partial charge in [-0.2, -0.15) is 0 Å². The van der Waals surface area contributed by atoms with Crippen molar-refractivity contribution in [3.8, 4) is 11.5 Å². The van der Waals surface area contributed by atoms with Crippen LogP contribution in [0.2, 0.25) is 0 Å². The van der Waals surface area contributed by atoms with Crippen molar-refractivity contribution in [2.24, 2.45) is 4.99 Å². The maximum absolute atomic E-state index is 13.6. The molecule has 1 aromatic heterocycles. The van der Waals surface area contributed by atoms with Crippen LogP contribution in [0.4, 0.5) is 0 Å². The molecule has 2 aromatic carbocycles. The van der Waals surface area contributed by atoms with Crippen molar-refractivity contribution < 1.29 is 19.0 Å². The van der Waals surface area contributed by atoms with Gasteiger partial charge in [0.1, 0.15) is 17.5 Å². The third-order valence-corrected chi connectivity index (χ3v) is 6.59. The van der Waals surface area contributed by atoms with Crippen molar-refractivity contribution >= 4 is 29.5 Å². The lowest BCUT2D eigenvalue weighted by atomic mass is 9.95. The monoisotopic (exact) mass is 490 g/mol. The van der Waals surface area contributed by atoms with Gasteiger partial charge in [-0.25, -0.2) is 9.79 Å². The summed E-state index contributed by atoms with van der Waals surface area (Å²) in [5.41, 5.74) is 2.22. The normalized spacial score (nSPS) is 15.7. The summed E-state index contributed by atoms with van der Waals surface area (Å²) in [6.45, 7) is 3.70. The molecule has 8 heteroatoms. The number of carbonyl (C=O) groups is 1. The van der Waals surface area contributed by atoms with E-state index in [1.165, 1.54) is 23.0 Å². The van der Waals surface area contributed by atoms with E-state index in [0.29, 0.717) is 37.7 Å². The van der Waals surface area contributed by atoms with Crippen LogP contribution in [-0.4, -0.2) is 31.4 Å². The average molecular weight is 491 g/mol. The topological polar surface area (TPSA) is 79.1 Å². The number of ether oxygens (including phenoxy) is 3. The largest absolute Gasteiger partial charge is 0.497 e. The molecule has 1 aliphatic heterocycles. The van der Waals surface area contributed by atoms with Gasteiger partial charge >= 0.3 is 5.97 Å². The molecule has 7 nitrogen and oxygen atoms in total. The molecule has 0 fully saturated rings. The van der Waals surface area contributed by atoms with Crippen LogP contribution >= 0.6 is 11.3 Å². The highest BCUT2D eigenvalue weighted by Crippen LogP contribution is 2.37. The number of hydrogen-bond donors (Lipinski definition) is 0. The van der Waals surface area contributed by atoms with Crippen molar-refractivity contribution in [3.05, 3.63) is 96.7 Å². The predicted octanol–water partition coefficient (Wildman–Crippen LogP) is 3.48. The number of allylic oxidation sites excluding steroid dienone is 2. The summed E-state index contributed by atoms with van der Waals surface area (Å²) in [6, 6.07) is 14.4. The molecular formula is C27H26N2O5S. The third-order valence-electron chi connectivity index (χ3n) is 5.59. The first-order valence-corrected chi connectivity index (χ1v) is 11.9. The van der Waals surface area contributed by atoms with Crippen LogP contribution in [0.1, 0.15) is 31.0 Å². The predicted molar refractivity (Wildman–Crippen MR) is 136 cm³/mol. The van der Waals surface area contributed by atoms with Gasteiger partial charge in [0.15, 0.2) is 4.80 Å². The number of aromatic nitrogens is 1. The molecule has 0 radical (unpaired) electrons. The van der Waals surface area contributed by atoms with E-state index in [-0.39, 0.29) is 12.2 Å². The molecule has 0 aliphatic carbocycles. The van der Waals surface area contributed by atoms with E-state index in [0.717, 1.165) is 5.56 Å². The Hall–Kier alpha value is -3.91. The SMILES string of the molecule is CCOC(=O)C1=C(C)N=c2s/c(=C/C=C/c3ccccc3)c(=O)n2[C@@H]1c1ccc(OC)cc1OC. The zero-order valence-electron chi connectivity index (χ0n) is 20.0. The second-order valence-corrected chi connectivity index (χ2v) is 8.71. The Balaban J connectivity index is 1.91. The molecule has 4 rings (SSSR count). The lowest BCUT2D eigenvalue weighted by molar-refractivity contribution is -0.139. The highest BCUT2D eigenvalue weighted by Gasteiger charge is 2.35. The molecule has 0 N–H and O–H groups in total. The molecular weight excluding hydrogens is 464 g/mol. The molecule has 0 bridgehead atoms. The molecule has 180 valence electrons. The summed E-state index contributed by atoms with van der Waals surface area (Å²) < 4.78 is 18.3. The molecule has 35 heavy (non-hydrogen) atoms. The number of thiazole rings is 1. The molecule has 0 saturated heterocycles. The molecule has 1 atom stereocenters. The zero-order valence-corrected chi connectivity index (χ0v) is 20.8. The van der Waals surface area contributed by atoms with E-state index in [1.54, 1.807) is 45.2 Å². The Morgan fingerprint density at radius 3 is 2.60 bits per heavy atom. The minimum Gasteiger partial charge on any atom is -0.497 e. The second-order valence-electron chi connectivity index (χ2n) is 7.70. The smallest absolute Gasteiger partial charge is 0.338 e. The Labute approximate surface area is 206 Å². The summed E-state index contributed by atoms with van der Waals surface area (Å²) in [4.78, 5) is 31.7. The summed E-state index contributed by atoms with van der Waals surface area (Å²) in [5.74, 6) is 0.571. The van der Waals surface area contributed by atoms with Gasteiger partial charge in [0.05, 0.1) is 36.6 Å². The van der Waals surface area contributed by atoms with Crippen molar-refractivity contribution in [2.75, 3.05) is 20.8 Å². The summed E-state index contributed by atoms with van der Waals surface area (Å²) in [6.07, 6.45) is 5.53. The molecule has 0 unspecified atom stereocenters. The van der Waals surface area contributed by atoms with Crippen LogP contribution in [0, 0.1) is 0 Å². The van der Waals surface area contributed by atoms with Crippen LogP contribution in [0.25, 0.3) is 12.2 Å². The number of benzene rings is 2. The van der Waals surface area contributed by atoms with Crippen LogP contribution in [0.5, 0.6) is 11.5 Å². The standard InChI is InChI=1S/C27H26N2O5S/c1-5-34-26(31)23-17(2)28-27-29(24(23)20-15-14-19(32-3)16-21(20)33-4)25(30)22(35-27)13-9-12-18-10-7-6-8-11-18/h6-16,24H,5H2,1-4H3/b12-9+,22-13+/t24-/m1/s1. The van der Waals surface area contributed by atoms with Crippen LogP contribution in [0.3, 0.4) is 0 Å². The first-order chi connectivity index (χ1) is 17.0. The van der Waals surface area contributed by atoms with E-state index >= 15 is 0 Å². The Morgan fingerprint density at radius 2 is 1.91 bits per heavy atom. The lowest BCUT2D eigenvalue weighted by Gasteiger charge is -2.26. The lowest BCUT2D eigenvalue weighted by Crippen LogP contribution is -2.40. The highest BCUT2D eigenvalue weighted by molar-refractivity contribution is 7.07. The van der Waals surface area contributed by atoms with E-state index in [9.17, 15) is 9.59 Å². The fourth-order valence-electron chi connectivity index (χ4n) is 3.95. The fourth-order valence-corrected chi connectivity index (χ4v) is 4.95. The maximum Gasteiger partial charge on any atom is 0.338 e. The van der Waals surface area contributed by atoms with E-state index in [2.05, 4.69) is 4.99 Å².